The molecule has 0 spiro atoms. The molecule has 38 heavy (non-hydrogen) atoms. The molecule has 0 saturated carbocycles. The van der Waals surface area contributed by atoms with Crippen molar-refractivity contribution in [2.24, 2.45) is 24.8 Å². The number of ether oxygens (including phenoxy) is 1. The topological polar surface area (TPSA) is 43.7 Å². The van der Waals surface area contributed by atoms with Crippen molar-refractivity contribution in [3.05, 3.63) is 29.5 Å². The van der Waals surface area contributed by atoms with E-state index in [-0.39, 0.29) is 5.92 Å². The number of halogens is 1. The number of piperidine rings is 3. The maximum Gasteiger partial charge on any atom is 0.214 e. The monoisotopic (exact) mass is 556 g/mol. The largest absolute Gasteiger partial charge is 0.497 e. The molecule has 0 aliphatic carbocycles. The Morgan fingerprint density at radius 2 is 1.76 bits per heavy atom. The van der Waals surface area contributed by atoms with Gasteiger partial charge in [0.25, 0.3) is 0 Å². The number of carbonyl (C=O) groups is 1. The van der Waals surface area contributed by atoms with Crippen LogP contribution in [0.3, 0.4) is 0 Å². The molecule has 4 aliphatic heterocycles. The lowest BCUT2D eigenvalue weighted by Gasteiger charge is -2.60. The van der Waals surface area contributed by atoms with Crippen LogP contribution in [0.1, 0.15) is 72.2 Å². The van der Waals surface area contributed by atoms with Crippen LogP contribution in [0, 0.1) is 17.8 Å². The molecule has 0 amide bonds. The first-order valence-corrected chi connectivity index (χ1v) is 16.9. The maximum atomic E-state index is 12.8. The van der Waals surface area contributed by atoms with Crippen molar-refractivity contribution in [3.63, 3.8) is 0 Å². The second-order valence-corrected chi connectivity index (χ2v) is 18.2. The number of aromatic nitrogens is 1. The Balaban J connectivity index is 0.00000164. The lowest BCUT2D eigenvalue weighted by atomic mass is 9.61. The molecule has 2 aromatic rings. The van der Waals surface area contributed by atoms with Gasteiger partial charge < -0.3 is 13.7 Å². The zero-order valence-corrected chi connectivity index (χ0v) is 26.5. The summed E-state index contributed by atoms with van der Waals surface area (Å²) in [7, 11) is 5.95. The number of hydrogen-bond donors (Lipinski definition) is 0. The van der Waals surface area contributed by atoms with Crippen LogP contribution in [0.5, 0.6) is 5.75 Å². The van der Waals surface area contributed by atoms with E-state index in [0.29, 0.717) is 46.3 Å². The SMILES string of the molecule is COc1ccc2c3c(n(C)c2c1)[C@@H]1C[C@H]2C(C(C)=O)CN1[C@@H](C3)C2CO[Si](C(C)C)(C(C)C)C(C)C.[B]Cl. The normalized spacial score (nSPS) is 28.0. The minimum absolute atomic E-state index is 0.135. The van der Waals surface area contributed by atoms with E-state index in [0.717, 1.165) is 31.7 Å². The number of ketones is 1. The van der Waals surface area contributed by atoms with Crippen molar-refractivity contribution in [3.8, 4) is 5.75 Å². The number of hydrogen-bond acceptors (Lipinski definition) is 4. The summed E-state index contributed by atoms with van der Waals surface area (Å²) in [5, 5.41) is 1.36. The van der Waals surface area contributed by atoms with Gasteiger partial charge >= 0.3 is 0 Å². The van der Waals surface area contributed by atoms with Gasteiger partial charge in [0.2, 0.25) is 7.26 Å². The van der Waals surface area contributed by atoms with Crippen LogP contribution in [0.15, 0.2) is 18.2 Å². The summed E-state index contributed by atoms with van der Waals surface area (Å²) in [6.07, 6.45) is 2.10. The van der Waals surface area contributed by atoms with Gasteiger partial charge in [0.15, 0.2) is 8.32 Å². The highest BCUT2D eigenvalue weighted by Crippen LogP contribution is 2.56. The minimum atomic E-state index is -1.97. The summed E-state index contributed by atoms with van der Waals surface area (Å²) in [5.74, 6) is 2.21. The van der Waals surface area contributed by atoms with Gasteiger partial charge in [-0.15, -0.1) is 0 Å². The molecule has 4 bridgehead atoms. The summed E-state index contributed by atoms with van der Waals surface area (Å²) in [6, 6.07) is 7.36. The third-order valence-electron chi connectivity index (χ3n) is 10.3. The number of Topliss-reactive ketones (excluding diaryl/α,β-unsaturated/α-hetero) is 1. The standard InChI is InChI=1S/C30H46N2O3Si.BCl/c1-17(2)36(18(3)4,19(5)6)35-16-26-23-13-29-30-24(14-28(26)32(29)15-25(23)20(7)33)22-11-10-21(34-9)12-27(22)31(30)8;1-2/h10-12,17-19,23,25-26,28-29H,13-16H2,1-9H3;/t23-,25?,26?,28-,29-;/m0./s1. The predicted molar refractivity (Wildman–Crippen MR) is 161 cm³/mol. The van der Waals surface area contributed by atoms with E-state index in [2.05, 4.69) is 95.0 Å². The van der Waals surface area contributed by atoms with Crippen LogP contribution >= 0.6 is 11.5 Å². The van der Waals surface area contributed by atoms with Crippen LogP contribution in [0.4, 0.5) is 0 Å². The maximum absolute atomic E-state index is 12.8. The Hall–Kier alpha value is -1.28. The number of carbonyl (C=O) groups excluding carboxylic acids is 1. The number of rotatable bonds is 8. The van der Waals surface area contributed by atoms with Crippen molar-refractivity contribution in [1.29, 1.82) is 0 Å². The van der Waals surface area contributed by atoms with Crippen LogP contribution in [0.2, 0.25) is 16.6 Å². The fourth-order valence-corrected chi connectivity index (χ4v) is 14.3. The highest BCUT2D eigenvalue weighted by atomic mass is 35.5. The molecule has 6 rings (SSSR count). The average molecular weight is 557 g/mol. The number of nitrogens with zero attached hydrogens (tertiary/aromatic N) is 2. The van der Waals surface area contributed by atoms with Crippen molar-refractivity contribution in [1.82, 2.24) is 9.47 Å². The number of fused-ring (bicyclic) bond motifs is 4. The third kappa shape index (κ3) is 4.50. The highest BCUT2D eigenvalue weighted by Gasteiger charge is 2.57. The van der Waals surface area contributed by atoms with Gasteiger partial charge in [-0.05, 0) is 60.0 Å². The molecule has 1 aromatic heterocycles. The van der Waals surface area contributed by atoms with E-state index >= 15 is 0 Å². The van der Waals surface area contributed by atoms with Gasteiger partial charge in [-0.25, -0.2) is 11.5 Å². The van der Waals surface area contributed by atoms with Crippen LogP contribution < -0.4 is 4.74 Å². The summed E-state index contributed by atoms with van der Waals surface area (Å²) in [4.78, 5) is 15.5. The Labute approximate surface area is 237 Å². The van der Waals surface area contributed by atoms with E-state index in [1.54, 1.807) is 7.11 Å². The van der Waals surface area contributed by atoms with Crippen LogP contribution in [-0.2, 0) is 22.7 Å². The van der Waals surface area contributed by atoms with E-state index in [1.807, 2.05) is 6.92 Å². The summed E-state index contributed by atoms with van der Waals surface area (Å²) in [5.41, 5.74) is 5.93. The summed E-state index contributed by atoms with van der Waals surface area (Å²) in [6.45, 7) is 17.7. The predicted octanol–water partition coefficient (Wildman–Crippen LogP) is 6.81. The average Bonchev–Trinajstić information content (AvgIpc) is 3.16. The minimum Gasteiger partial charge on any atom is -0.497 e. The molecular weight excluding hydrogens is 511 g/mol. The Morgan fingerprint density at radius 1 is 1.13 bits per heavy atom. The van der Waals surface area contributed by atoms with Crippen LogP contribution in [-0.4, -0.2) is 57.1 Å². The second kappa shape index (κ2) is 11.3. The molecule has 3 fully saturated rings. The summed E-state index contributed by atoms with van der Waals surface area (Å²) < 4.78 is 15.2. The molecule has 0 N–H and O–H groups in total. The number of benzene rings is 1. The van der Waals surface area contributed by atoms with Gasteiger partial charge in [0, 0.05) is 55.2 Å². The molecule has 4 aliphatic rings. The fourth-order valence-electron chi connectivity index (χ4n) is 8.85. The molecule has 6 atom stereocenters. The van der Waals surface area contributed by atoms with Gasteiger partial charge in [0.1, 0.15) is 11.5 Å². The second-order valence-electron chi connectivity index (χ2n) is 12.7. The third-order valence-corrected chi connectivity index (χ3v) is 16.4. The smallest absolute Gasteiger partial charge is 0.214 e. The fraction of sp³-hybridized carbons (Fsp3) is 0.700. The molecule has 8 heteroatoms. The van der Waals surface area contributed by atoms with Gasteiger partial charge in [-0.1, -0.05) is 41.5 Å². The number of methoxy groups -OCH3 is 1. The Kier molecular flexibility index (Phi) is 8.84. The van der Waals surface area contributed by atoms with Crippen LogP contribution in [0.25, 0.3) is 10.9 Å². The molecule has 5 heterocycles. The van der Waals surface area contributed by atoms with Crippen molar-refractivity contribution in [2.45, 2.75) is 90.0 Å². The zero-order valence-electron chi connectivity index (χ0n) is 24.8. The molecule has 1 aromatic carbocycles. The van der Waals surface area contributed by atoms with Gasteiger partial charge in [0.05, 0.1) is 18.7 Å². The van der Waals surface area contributed by atoms with Crippen molar-refractivity contribution < 1.29 is 14.0 Å². The first-order valence-electron chi connectivity index (χ1n) is 14.3. The molecule has 5 nitrogen and oxygen atoms in total. The van der Waals surface area contributed by atoms with Gasteiger partial charge in [-0.2, -0.15) is 0 Å². The van der Waals surface area contributed by atoms with Gasteiger partial charge in [-0.3, -0.25) is 9.69 Å². The van der Waals surface area contributed by atoms with Crippen molar-refractivity contribution >= 4 is 43.7 Å². The lowest BCUT2D eigenvalue weighted by molar-refractivity contribution is -0.144. The molecular formula is C30H46BClN2O3Si. The van der Waals surface area contributed by atoms with Crippen molar-refractivity contribution in [2.75, 3.05) is 20.3 Å². The van der Waals surface area contributed by atoms with E-state index in [9.17, 15) is 4.79 Å². The molecule has 2 radical (unpaired) electrons. The Bertz CT molecular complexity index is 1140. The highest BCUT2D eigenvalue weighted by molar-refractivity contribution is 6.81. The molecule has 3 unspecified atom stereocenters. The Morgan fingerprint density at radius 3 is 2.32 bits per heavy atom. The summed E-state index contributed by atoms with van der Waals surface area (Å²) >= 11 is 4.14. The van der Waals surface area contributed by atoms with E-state index < -0.39 is 8.32 Å². The number of aryl methyl sites for hydroxylation is 1. The first-order chi connectivity index (χ1) is 18.0. The molecule has 3 saturated heterocycles. The lowest BCUT2D eigenvalue weighted by Crippen LogP contribution is -2.65. The van der Waals surface area contributed by atoms with E-state index in [1.165, 1.54) is 22.2 Å². The zero-order chi connectivity index (χ0) is 28.1. The van der Waals surface area contributed by atoms with E-state index in [4.69, 9.17) is 9.16 Å². The molecule has 208 valence electrons. The first kappa shape index (κ1) is 29.7. The quantitative estimate of drug-likeness (QED) is 0.335.